The first-order chi connectivity index (χ1) is 11.1. The number of fused-ring (bicyclic) bond motifs is 1. The molecular weight excluding hydrogens is 316 g/mol. The van der Waals surface area contributed by atoms with Crippen LogP contribution >= 0.6 is 11.6 Å². The first-order valence-corrected chi connectivity index (χ1v) is 7.34. The van der Waals surface area contributed by atoms with Crippen LogP contribution in [0.15, 0.2) is 36.8 Å². The van der Waals surface area contributed by atoms with Gasteiger partial charge in [0.25, 0.3) is 5.91 Å². The molecule has 0 bridgehead atoms. The van der Waals surface area contributed by atoms with Crippen molar-refractivity contribution in [2.45, 2.75) is 6.54 Å². The number of ether oxygens (including phenoxy) is 1. The van der Waals surface area contributed by atoms with Gasteiger partial charge in [-0.15, -0.1) is 0 Å². The van der Waals surface area contributed by atoms with Crippen LogP contribution in [0.1, 0.15) is 15.9 Å². The fraction of sp³-hybridized carbons (Fsp3) is 0.188. The Bertz CT molecular complexity index is 876. The van der Waals surface area contributed by atoms with E-state index in [-0.39, 0.29) is 5.91 Å². The summed E-state index contributed by atoms with van der Waals surface area (Å²) in [6, 6.07) is 7.11. The van der Waals surface area contributed by atoms with E-state index in [0.717, 1.165) is 11.2 Å². The van der Waals surface area contributed by atoms with Gasteiger partial charge in [-0.1, -0.05) is 17.7 Å². The number of hydrogen-bond acceptors (Lipinski definition) is 4. The number of rotatable bonds is 4. The Kier molecular flexibility index (Phi) is 4.16. The normalized spacial score (nSPS) is 10.7. The van der Waals surface area contributed by atoms with Gasteiger partial charge >= 0.3 is 0 Å². The highest BCUT2D eigenvalue weighted by Gasteiger charge is 2.10. The van der Waals surface area contributed by atoms with Crippen molar-refractivity contribution in [2.75, 3.05) is 7.11 Å². The van der Waals surface area contributed by atoms with Crippen molar-refractivity contribution in [1.82, 2.24) is 19.9 Å². The van der Waals surface area contributed by atoms with Crippen LogP contribution in [0.25, 0.3) is 11.2 Å². The smallest absolute Gasteiger partial charge is 0.253 e. The number of amides is 1. The molecule has 2 aromatic heterocycles. The summed E-state index contributed by atoms with van der Waals surface area (Å²) in [5, 5.41) is 3.35. The molecule has 0 radical (unpaired) electrons. The Morgan fingerprint density at radius 1 is 1.35 bits per heavy atom. The minimum atomic E-state index is -0.211. The first kappa shape index (κ1) is 15.3. The number of benzene rings is 1. The molecule has 6 nitrogen and oxygen atoms in total. The molecule has 0 saturated heterocycles. The van der Waals surface area contributed by atoms with Crippen LogP contribution in [0.5, 0.6) is 5.75 Å². The van der Waals surface area contributed by atoms with Crippen molar-refractivity contribution < 1.29 is 9.53 Å². The molecule has 0 spiro atoms. The highest BCUT2D eigenvalue weighted by atomic mass is 35.5. The van der Waals surface area contributed by atoms with Gasteiger partial charge < -0.3 is 14.6 Å². The fourth-order valence-electron chi connectivity index (χ4n) is 2.24. The number of imidazole rings is 1. The zero-order chi connectivity index (χ0) is 16.4. The molecular formula is C16H15ClN4O2. The predicted octanol–water partition coefficient (Wildman–Crippen LogP) is 2.56. The largest absolute Gasteiger partial charge is 0.495 e. The molecule has 7 heteroatoms. The second-order valence-corrected chi connectivity index (χ2v) is 5.48. The van der Waals surface area contributed by atoms with Gasteiger partial charge in [0.2, 0.25) is 0 Å². The van der Waals surface area contributed by atoms with Crippen LogP contribution in [-0.2, 0) is 13.6 Å². The fourth-order valence-corrected chi connectivity index (χ4v) is 2.52. The maximum Gasteiger partial charge on any atom is 0.253 e. The molecule has 23 heavy (non-hydrogen) atoms. The van der Waals surface area contributed by atoms with Crippen molar-refractivity contribution in [3.8, 4) is 5.75 Å². The predicted molar refractivity (Wildman–Crippen MR) is 87.7 cm³/mol. The number of carbonyl (C=O) groups excluding carboxylic acids is 1. The standard InChI is InChI=1S/C16H15ClN4O2/c1-21-9-20-13-6-11(8-18-15(13)21)16(22)19-7-10-3-4-14(23-2)12(17)5-10/h3-6,8-9H,7H2,1-2H3,(H,19,22). The van der Waals surface area contributed by atoms with E-state index in [4.69, 9.17) is 16.3 Å². The van der Waals surface area contributed by atoms with Gasteiger partial charge in [0, 0.05) is 19.8 Å². The summed E-state index contributed by atoms with van der Waals surface area (Å²) in [4.78, 5) is 20.7. The summed E-state index contributed by atoms with van der Waals surface area (Å²) < 4.78 is 6.90. The van der Waals surface area contributed by atoms with E-state index >= 15 is 0 Å². The molecule has 2 heterocycles. The van der Waals surface area contributed by atoms with E-state index in [2.05, 4.69) is 15.3 Å². The molecule has 1 N–H and O–H groups in total. The zero-order valence-corrected chi connectivity index (χ0v) is 13.5. The van der Waals surface area contributed by atoms with Crippen molar-refractivity contribution in [2.24, 2.45) is 7.05 Å². The highest BCUT2D eigenvalue weighted by molar-refractivity contribution is 6.32. The maximum atomic E-state index is 12.2. The van der Waals surface area contributed by atoms with Gasteiger partial charge in [-0.25, -0.2) is 9.97 Å². The zero-order valence-electron chi connectivity index (χ0n) is 12.7. The molecule has 0 aliphatic carbocycles. The summed E-state index contributed by atoms with van der Waals surface area (Å²) in [7, 11) is 3.42. The summed E-state index contributed by atoms with van der Waals surface area (Å²) in [6.45, 7) is 0.364. The van der Waals surface area contributed by atoms with Crippen LogP contribution in [0.4, 0.5) is 0 Å². The van der Waals surface area contributed by atoms with E-state index in [9.17, 15) is 4.79 Å². The Morgan fingerprint density at radius 2 is 2.17 bits per heavy atom. The second-order valence-electron chi connectivity index (χ2n) is 5.07. The van der Waals surface area contributed by atoms with Gasteiger partial charge in [0.1, 0.15) is 11.3 Å². The minimum Gasteiger partial charge on any atom is -0.495 e. The number of nitrogens with one attached hydrogen (secondary N) is 1. The molecule has 3 rings (SSSR count). The van der Waals surface area contributed by atoms with Crippen molar-refractivity contribution in [3.63, 3.8) is 0 Å². The lowest BCUT2D eigenvalue weighted by molar-refractivity contribution is 0.0950. The summed E-state index contributed by atoms with van der Waals surface area (Å²) in [5.74, 6) is 0.392. The molecule has 0 aliphatic rings. The van der Waals surface area contributed by atoms with E-state index < -0.39 is 0 Å². The number of halogens is 1. The number of aryl methyl sites for hydroxylation is 1. The number of aromatic nitrogens is 3. The summed E-state index contributed by atoms with van der Waals surface area (Å²) >= 11 is 6.07. The van der Waals surface area contributed by atoms with E-state index in [1.54, 1.807) is 42.4 Å². The SMILES string of the molecule is COc1ccc(CNC(=O)c2cnc3c(c2)ncn3C)cc1Cl. The number of nitrogens with zero attached hydrogens (tertiary/aromatic N) is 3. The van der Waals surface area contributed by atoms with Crippen LogP contribution in [-0.4, -0.2) is 27.6 Å². The third-order valence-electron chi connectivity index (χ3n) is 3.48. The number of methoxy groups -OCH3 is 1. The molecule has 1 aromatic carbocycles. The molecule has 3 aromatic rings. The Balaban J connectivity index is 1.71. The van der Waals surface area contributed by atoms with Crippen LogP contribution in [0.2, 0.25) is 5.02 Å². The molecule has 0 saturated carbocycles. The highest BCUT2D eigenvalue weighted by Crippen LogP contribution is 2.24. The van der Waals surface area contributed by atoms with Crippen LogP contribution in [0.3, 0.4) is 0 Å². The molecule has 118 valence electrons. The van der Waals surface area contributed by atoms with Crippen molar-refractivity contribution in [1.29, 1.82) is 0 Å². The lowest BCUT2D eigenvalue weighted by Crippen LogP contribution is -2.23. The Hall–Kier alpha value is -2.60. The molecule has 0 unspecified atom stereocenters. The monoisotopic (exact) mass is 330 g/mol. The van der Waals surface area contributed by atoms with Crippen LogP contribution in [0, 0.1) is 0 Å². The number of pyridine rings is 1. The molecule has 0 atom stereocenters. The third kappa shape index (κ3) is 3.12. The molecule has 0 fully saturated rings. The second kappa shape index (κ2) is 6.26. The van der Waals surface area contributed by atoms with Gasteiger partial charge in [0.15, 0.2) is 5.65 Å². The van der Waals surface area contributed by atoms with E-state index in [1.165, 1.54) is 0 Å². The van der Waals surface area contributed by atoms with Gasteiger partial charge in [-0.3, -0.25) is 4.79 Å². The lowest BCUT2D eigenvalue weighted by Gasteiger charge is -2.08. The molecule has 0 aliphatic heterocycles. The van der Waals surface area contributed by atoms with E-state index in [1.807, 2.05) is 13.1 Å². The number of carbonyl (C=O) groups is 1. The third-order valence-corrected chi connectivity index (χ3v) is 3.78. The van der Waals surface area contributed by atoms with Crippen molar-refractivity contribution >= 4 is 28.7 Å². The first-order valence-electron chi connectivity index (χ1n) is 6.96. The number of hydrogen-bond donors (Lipinski definition) is 1. The maximum absolute atomic E-state index is 12.2. The lowest BCUT2D eigenvalue weighted by atomic mass is 10.2. The molecule has 1 amide bonds. The van der Waals surface area contributed by atoms with Crippen molar-refractivity contribution in [3.05, 3.63) is 52.9 Å². The minimum absolute atomic E-state index is 0.211. The topological polar surface area (TPSA) is 69.0 Å². The van der Waals surface area contributed by atoms with Gasteiger partial charge in [0.05, 0.1) is 24.0 Å². The van der Waals surface area contributed by atoms with Gasteiger partial charge in [-0.05, 0) is 23.8 Å². The van der Waals surface area contributed by atoms with Crippen LogP contribution < -0.4 is 10.1 Å². The summed E-state index contributed by atoms with van der Waals surface area (Å²) in [6.07, 6.45) is 3.21. The Morgan fingerprint density at radius 3 is 2.91 bits per heavy atom. The summed E-state index contributed by atoms with van der Waals surface area (Å²) in [5.41, 5.74) is 2.78. The average molecular weight is 331 g/mol. The quantitative estimate of drug-likeness (QED) is 0.798. The average Bonchev–Trinajstić information content (AvgIpc) is 2.93. The van der Waals surface area contributed by atoms with Gasteiger partial charge in [-0.2, -0.15) is 0 Å². The Labute approximate surface area is 138 Å². The van der Waals surface area contributed by atoms with E-state index in [0.29, 0.717) is 28.4 Å².